The van der Waals surface area contributed by atoms with E-state index in [1.54, 1.807) is 14.2 Å². The second kappa shape index (κ2) is 8.17. The van der Waals surface area contributed by atoms with Crippen LogP contribution in [0.4, 0.5) is 0 Å². The lowest BCUT2D eigenvalue weighted by Crippen LogP contribution is -2.50. The third-order valence-electron chi connectivity index (χ3n) is 4.66. The van der Waals surface area contributed by atoms with Crippen LogP contribution in [0.5, 0.6) is 0 Å². The van der Waals surface area contributed by atoms with E-state index in [0.717, 1.165) is 43.5 Å². The highest BCUT2D eigenvalue weighted by atomic mass is 16.5. The Hall–Kier alpha value is -1.63. The molecule has 1 aromatic heterocycles. The minimum Gasteiger partial charge on any atom is -0.379 e. The molecule has 142 valence electrons. The van der Waals surface area contributed by atoms with Gasteiger partial charge in [-0.15, -0.1) is 0 Å². The summed E-state index contributed by atoms with van der Waals surface area (Å²) in [7, 11) is 3.56. The number of nitrogens with one attached hydrogen (secondary N) is 2. The molecular weight excluding hydrogens is 316 g/mol. The van der Waals surface area contributed by atoms with Crippen LogP contribution < -0.4 is 10.6 Å². The van der Waals surface area contributed by atoms with Gasteiger partial charge in [-0.05, 0) is 11.8 Å². The normalized spacial score (nSPS) is 19.7. The number of fused-ring (bicyclic) bond motifs is 1. The van der Waals surface area contributed by atoms with Crippen molar-refractivity contribution in [3.05, 3.63) is 11.6 Å². The molecule has 1 aliphatic heterocycles. The number of hydrogen-bond donors (Lipinski definition) is 2. The van der Waals surface area contributed by atoms with Gasteiger partial charge in [0, 0.05) is 39.1 Å². The third kappa shape index (κ3) is 5.17. The number of guanidine groups is 1. The highest BCUT2D eigenvalue weighted by molar-refractivity contribution is 5.80. The summed E-state index contributed by atoms with van der Waals surface area (Å²) in [5.74, 6) is 3.20. The van der Waals surface area contributed by atoms with Gasteiger partial charge in [-0.1, -0.05) is 34.6 Å². The molecule has 2 heterocycles. The van der Waals surface area contributed by atoms with Gasteiger partial charge in [-0.25, -0.2) is 9.67 Å². The SMILES string of the molecule is CN=C(NCC(OC)C(C)(C)C)NC1CCc2nc(C(C)C)nn2C1. The van der Waals surface area contributed by atoms with Crippen LogP contribution >= 0.6 is 0 Å². The van der Waals surface area contributed by atoms with Crippen LogP contribution in [0.2, 0.25) is 0 Å². The second-order valence-electron chi connectivity index (χ2n) is 8.15. The molecule has 0 saturated heterocycles. The summed E-state index contributed by atoms with van der Waals surface area (Å²) in [5, 5.41) is 11.5. The number of rotatable bonds is 5. The molecule has 0 aliphatic carbocycles. The number of aliphatic imine (C=N–C) groups is 1. The number of ether oxygens (including phenoxy) is 1. The molecule has 2 unspecified atom stereocenters. The van der Waals surface area contributed by atoms with Crippen LogP contribution in [0.3, 0.4) is 0 Å². The van der Waals surface area contributed by atoms with E-state index in [9.17, 15) is 0 Å². The molecule has 2 atom stereocenters. The van der Waals surface area contributed by atoms with E-state index in [1.807, 2.05) is 4.68 Å². The fourth-order valence-electron chi connectivity index (χ4n) is 3.01. The van der Waals surface area contributed by atoms with Gasteiger partial charge in [0.25, 0.3) is 0 Å². The summed E-state index contributed by atoms with van der Waals surface area (Å²) in [5.41, 5.74) is 0.0777. The van der Waals surface area contributed by atoms with E-state index in [1.165, 1.54) is 0 Å². The van der Waals surface area contributed by atoms with Gasteiger partial charge < -0.3 is 15.4 Å². The molecule has 0 spiro atoms. The predicted molar refractivity (Wildman–Crippen MR) is 101 cm³/mol. The maximum Gasteiger partial charge on any atom is 0.191 e. The van der Waals surface area contributed by atoms with Crippen LogP contribution in [0.15, 0.2) is 4.99 Å². The Kier molecular flexibility index (Phi) is 6.43. The molecule has 7 heteroatoms. The number of nitrogens with zero attached hydrogens (tertiary/aromatic N) is 4. The number of aromatic nitrogens is 3. The van der Waals surface area contributed by atoms with Crippen molar-refractivity contribution in [3.8, 4) is 0 Å². The van der Waals surface area contributed by atoms with Crippen LogP contribution in [0.1, 0.15) is 58.6 Å². The molecule has 1 aromatic rings. The summed E-state index contributed by atoms with van der Waals surface area (Å²) >= 11 is 0. The van der Waals surface area contributed by atoms with Crippen molar-refractivity contribution in [1.82, 2.24) is 25.4 Å². The fourth-order valence-corrected chi connectivity index (χ4v) is 3.01. The molecule has 0 amide bonds. The first-order chi connectivity index (χ1) is 11.7. The largest absolute Gasteiger partial charge is 0.379 e. The molecule has 0 saturated carbocycles. The zero-order chi connectivity index (χ0) is 18.6. The molecule has 0 fully saturated rings. The monoisotopic (exact) mass is 350 g/mol. The molecule has 0 radical (unpaired) electrons. The van der Waals surface area contributed by atoms with Crippen LogP contribution in [-0.4, -0.2) is 53.6 Å². The lowest BCUT2D eigenvalue weighted by Gasteiger charge is -2.31. The molecule has 0 aromatic carbocycles. The van der Waals surface area contributed by atoms with Gasteiger partial charge in [0.1, 0.15) is 5.82 Å². The molecule has 25 heavy (non-hydrogen) atoms. The predicted octanol–water partition coefficient (Wildman–Crippen LogP) is 1.94. The Morgan fingerprint density at radius 1 is 1.40 bits per heavy atom. The topological polar surface area (TPSA) is 76.4 Å². The Balaban J connectivity index is 1.92. The van der Waals surface area contributed by atoms with E-state index in [0.29, 0.717) is 12.0 Å². The van der Waals surface area contributed by atoms with E-state index in [2.05, 4.69) is 60.3 Å². The average molecular weight is 351 g/mol. The number of aryl methyl sites for hydroxylation is 1. The van der Waals surface area contributed by atoms with Crippen LogP contribution in [0.25, 0.3) is 0 Å². The van der Waals surface area contributed by atoms with Crippen molar-refractivity contribution in [2.45, 2.75) is 72.1 Å². The summed E-state index contributed by atoms with van der Waals surface area (Å²) in [6, 6.07) is 0.302. The smallest absolute Gasteiger partial charge is 0.191 e. The zero-order valence-electron chi connectivity index (χ0n) is 16.8. The van der Waals surface area contributed by atoms with E-state index in [-0.39, 0.29) is 11.5 Å². The van der Waals surface area contributed by atoms with Crippen molar-refractivity contribution in [3.63, 3.8) is 0 Å². The highest BCUT2D eigenvalue weighted by Gasteiger charge is 2.26. The van der Waals surface area contributed by atoms with E-state index >= 15 is 0 Å². The van der Waals surface area contributed by atoms with Crippen LogP contribution in [-0.2, 0) is 17.7 Å². The second-order valence-corrected chi connectivity index (χ2v) is 8.15. The summed E-state index contributed by atoms with van der Waals surface area (Å²) in [6.45, 7) is 12.3. The van der Waals surface area contributed by atoms with Crippen molar-refractivity contribution in [2.24, 2.45) is 10.4 Å². The van der Waals surface area contributed by atoms with Crippen LogP contribution in [0, 0.1) is 5.41 Å². The standard InChI is InChI=1S/C18H34N6O/c1-12(2)16-22-15-9-8-13(11-24(15)23-16)21-17(19-6)20-10-14(25-7)18(3,4)5/h12-14H,8-11H2,1-7H3,(H2,19,20,21). The molecule has 0 bridgehead atoms. The van der Waals surface area contributed by atoms with Gasteiger partial charge >= 0.3 is 0 Å². The minimum absolute atomic E-state index is 0.0777. The number of hydrogen-bond acceptors (Lipinski definition) is 4. The van der Waals surface area contributed by atoms with Gasteiger partial charge in [0.15, 0.2) is 11.8 Å². The first-order valence-electron chi connectivity index (χ1n) is 9.18. The third-order valence-corrected chi connectivity index (χ3v) is 4.66. The molecule has 7 nitrogen and oxygen atoms in total. The zero-order valence-corrected chi connectivity index (χ0v) is 16.8. The quantitative estimate of drug-likeness (QED) is 0.627. The Morgan fingerprint density at radius 3 is 2.68 bits per heavy atom. The number of methoxy groups -OCH3 is 1. The van der Waals surface area contributed by atoms with Gasteiger partial charge in [0.05, 0.1) is 12.6 Å². The summed E-state index contributed by atoms with van der Waals surface area (Å²) < 4.78 is 7.64. The lowest BCUT2D eigenvalue weighted by atomic mass is 9.89. The first kappa shape index (κ1) is 19.7. The Morgan fingerprint density at radius 2 is 2.12 bits per heavy atom. The Labute approximate surface area is 151 Å². The molecular formula is C18H34N6O. The highest BCUT2D eigenvalue weighted by Crippen LogP contribution is 2.21. The Bertz CT molecular complexity index is 587. The van der Waals surface area contributed by atoms with Gasteiger partial charge in [-0.2, -0.15) is 5.10 Å². The van der Waals surface area contributed by atoms with Crippen molar-refractivity contribution in [2.75, 3.05) is 20.7 Å². The van der Waals surface area contributed by atoms with Gasteiger partial charge in [-0.3, -0.25) is 4.99 Å². The maximum atomic E-state index is 5.60. The maximum absolute atomic E-state index is 5.60. The van der Waals surface area contributed by atoms with Crippen molar-refractivity contribution < 1.29 is 4.74 Å². The molecule has 2 rings (SSSR count). The average Bonchev–Trinajstić information content (AvgIpc) is 2.96. The van der Waals surface area contributed by atoms with E-state index in [4.69, 9.17) is 4.74 Å². The lowest BCUT2D eigenvalue weighted by molar-refractivity contribution is 0.0205. The van der Waals surface area contributed by atoms with E-state index < -0.39 is 0 Å². The van der Waals surface area contributed by atoms with Crippen molar-refractivity contribution in [1.29, 1.82) is 0 Å². The summed E-state index contributed by atoms with van der Waals surface area (Å²) in [4.78, 5) is 9.00. The van der Waals surface area contributed by atoms with Gasteiger partial charge in [0.2, 0.25) is 0 Å². The first-order valence-corrected chi connectivity index (χ1v) is 9.18. The minimum atomic E-state index is 0.0777. The molecule has 2 N–H and O–H groups in total. The summed E-state index contributed by atoms with van der Waals surface area (Å²) in [6.07, 6.45) is 2.09. The fraction of sp³-hybridized carbons (Fsp3) is 0.833. The molecule has 1 aliphatic rings. The van der Waals surface area contributed by atoms with Crippen molar-refractivity contribution >= 4 is 5.96 Å².